The van der Waals surface area contributed by atoms with Crippen LogP contribution in [0.1, 0.15) is 11.3 Å². The SMILES string of the molecule is Nc1cc2c([nH]c1=O)CCNCC2. The highest BCUT2D eigenvalue weighted by atomic mass is 16.1. The van der Waals surface area contributed by atoms with E-state index in [0.717, 1.165) is 31.6 Å². The number of anilines is 1. The Morgan fingerprint density at radius 2 is 2.08 bits per heavy atom. The molecule has 1 aliphatic rings. The van der Waals surface area contributed by atoms with Crippen LogP contribution in [0.5, 0.6) is 0 Å². The van der Waals surface area contributed by atoms with E-state index in [4.69, 9.17) is 5.73 Å². The molecule has 70 valence electrons. The van der Waals surface area contributed by atoms with Crippen molar-refractivity contribution in [2.75, 3.05) is 18.8 Å². The van der Waals surface area contributed by atoms with Gasteiger partial charge < -0.3 is 16.0 Å². The summed E-state index contributed by atoms with van der Waals surface area (Å²) in [5.41, 5.74) is 7.89. The van der Waals surface area contributed by atoms with E-state index in [9.17, 15) is 4.79 Å². The number of rotatable bonds is 0. The molecule has 0 bridgehead atoms. The van der Waals surface area contributed by atoms with Crippen LogP contribution in [0, 0.1) is 0 Å². The number of H-pyrrole nitrogens is 1. The molecule has 1 aromatic heterocycles. The first-order valence-corrected chi connectivity index (χ1v) is 4.48. The van der Waals surface area contributed by atoms with Gasteiger partial charge in [-0.15, -0.1) is 0 Å². The minimum Gasteiger partial charge on any atom is -0.394 e. The summed E-state index contributed by atoms with van der Waals surface area (Å²) in [6.45, 7) is 1.88. The minimum absolute atomic E-state index is 0.166. The lowest BCUT2D eigenvalue weighted by atomic mass is 10.1. The van der Waals surface area contributed by atoms with Gasteiger partial charge in [-0.1, -0.05) is 0 Å². The average Bonchev–Trinajstić information content (AvgIpc) is 2.31. The molecule has 0 saturated carbocycles. The normalized spacial score (nSPS) is 16.3. The summed E-state index contributed by atoms with van der Waals surface area (Å²) >= 11 is 0. The molecule has 0 unspecified atom stereocenters. The first-order valence-electron chi connectivity index (χ1n) is 4.48. The second-order valence-corrected chi connectivity index (χ2v) is 3.31. The molecule has 4 nitrogen and oxygen atoms in total. The molecular formula is C9H13N3O. The van der Waals surface area contributed by atoms with Gasteiger partial charge in [0.25, 0.3) is 5.56 Å². The van der Waals surface area contributed by atoms with Gasteiger partial charge in [0.15, 0.2) is 0 Å². The zero-order valence-electron chi connectivity index (χ0n) is 7.39. The largest absolute Gasteiger partial charge is 0.394 e. The van der Waals surface area contributed by atoms with Gasteiger partial charge >= 0.3 is 0 Å². The van der Waals surface area contributed by atoms with Crippen molar-refractivity contribution in [3.05, 3.63) is 27.7 Å². The summed E-state index contributed by atoms with van der Waals surface area (Å²) in [7, 11) is 0. The highest BCUT2D eigenvalue weighted by molar-refractivity contribution is 5.40. The van der Waals surface area contributed by atoms with Gasteiger partial charge in [-0.3, -0.25) is 4.79 Å². The van der Waals surface area contributed by atoms with Crippen LogP contribution in [0.2, 0.25) is 0 Å². The molecular weight excluding hydrogens is 166 g/mol. The predicted molar refractivity (Wildman–Crippen MR) is 51.8 cm³/mol. The molecule has 0 aliphatic carbocycles. The molecule has 4 N–H and O–H groups in total. The summed E-state index contributed by atoms with van der Waals surface area (Å²) in [4.78, 5) is 14.0. The fourth-order valence-corrected chi connectivity index (χ4v) is 1.64. The number of nitrogens with one attached hydrogen (secondary N) is 2. The van der Waals surface area contributed by atoms with Crippen molar-refractivity contribution in [3.8, 4) is 0 Å². The summed E-state index contributed by atoms with van der Waals surface area (Å²) in [6, 6.07) is 1.79. The molecule has 0 saturated heterocycles. The monoisotopic (exact) mass is 179 g/mol. The molecule has 0 spiro atoms. The van der Waals surface area contributed by atoms with Crippen LogP contribution in [0.15, 0.2) is 10.9 Å². The standard InChI is InChI=1S/C9H13N3O/c10-7-5-6-1-3-11-4-2-8(6)12-9(7)13/h5,11H,1-4,10H2,(H,12,13). The van der Waals surface area contributed by atoms with E-state index in [1.165, 1.54) is 5.56 Å². The van der Waals surface area contributed by atoms with E-state index in [0.29, 0.717) is 5.69 Å². The van der Waals surface area contributed by atoms with E-state index in [2.05, 4.69) is 10.3 Å². The molecule has 4 heteroatoms. The van der Waals surface area contributed by atoms with Crippen LogP contribution in [0.25, 0.3) is 0 Å². The number of aromatic amines is 1. The molecule has 2 rings (SSSR count). The highest BCUT2D eigenvalue weighted by Gasteiger charge is 2.09. The Labute approximate surface area is 76.2 Å². The fraction of sp³-hybridized carbons (Fsp3) is 0.444. The topological polar surface area (TPSA) is 70.9 Å². The number of hydrogen-bond acceptors (Lipinski definition) is 3. The first-order chi connectivity index (χ1) is 6.27. The molecule has 0 atom stereocenters. The van der Waals surface area contributed by atoms with Gasteiger partial charge in [-0.05, 0) is 24.6 Å². The third-order valence-electron chi connectivity index (χ3n) is 2.37. The Hall–Kier alpha value is -1.29. The predicted octanol–water partition coefficient (Wildman–Crippen LogP) is -0.355. The van der Waals surface area contributed by atoms with Crippen molar-refractivity contribution >= 4 is 5.69 Å². The van der Waals surface area contributed by atoms with Crippen molar-refractivity contribution < 1.29 is 0 Å². The van der Waals surface area contributed by atoms with Crippen molar-refractivity contribution in [3.63, 3.8) is 0 Å². The lowest BCUT2D eigenvalue weighted by Crippen LogP contribution is -2.17. The lowest BCUT2D eigenvalue weighted by Gasteiger charge is -2.04. The van der Waals surface area contributed by atoms with Crippen LogP contribution in [-0.4, -0.2) is 18.1 Å². The second kappa shape index (κ2) is 3.22. The molecule has 0 radical (unpaired) electrons. The summed E-state index contributed by atoms with van der Waals surface area (Å²) in [5, 5.41) is 3.27. The quantitative estimate of drug-likeness (QED) is 0.509. The van der Waals surface area contributed by atoms with Gasteiger partial charge in [0, 0.05) is 18.7 Å². The summed E-state index contributed by atoms with van der Waals surface area (Å²) in [5.74, 6) is 0. The van der Waals surface area contributed by atoms with Crippen LogP contribution in [-0.2, 0) is 12.8 Å². The van der Waals surface area contributed by atoms with Crippen LogP contribution in [0.3, 0.4) is 0 Å². The minimum atomic E-state index is -0.166. The lowest BCUT2D eigenvalue weighted by molar-refractivity contribution is 0.708. The van der Waals surface area contributed by atoms with Crippen molar-refractivity contribution in [1.29, 1.82) is 0 Å². The smallest absolute Gasteiger partial charge is 0.271 e. The highest BCUT2D eigenvalue weighted by Crippen LogP contribution is 2.10. The Kier molecular flexibility index (Phi) is 2.06. The van der Waals surface area contributed by atoms with Crippen molar-refractivity contribution in [1.82, 2.24) is 10.3 Å². The van der Waals surface area contributed by atoms with E-state index in [-0.39, 0.29) is 5.56 Å². The maximum absolute atomic E-state index is 11.2. The van der Waals surface area contributed by atoms with Crippen LogP contribution >= 0.6 is 0 Å². The Balaban J connectivity index is 2.49. The van der Waals surface area contributed by atoms with Gasteiger partial charge in [0.2, 0.25) is 0 Å². The average molecular weight is 179 g/mol. The van der Waals surface area contributed by atoms with Gasteiger partial charge in [-0.2, -0.15) is 0 Å². The van der Waals surface area contributed by atoms with E-state index in [1.54, 1.807) is 6.07 Å². The van der Waals surface area contributed by atoms with E-state index in [1.807, 2.05) is 0 Å². The second-order valence-electron chi connectivity index (χ2n) is 3.31. The van der Waals surface area contributed by atoms with Crippen molar-refractivity contribution in [2.24, 2.45) is 0 Å². The molecule has 2 heterocycles. The van der Waals surface area contributed by atoms with E-state index >= 15 is 0 Å². The molecule has 13 heavy (non-hydrogen) atoms. The van der Waals surface area contributed by atoms with Crippen LogP contribution < -0.4 is 16.6 Å². The number of pyridine rings is 1. The maximum atomic E-state index is 11.2. The molecule has 0 aromatic carbocycles. The molecule has 0 fully saturated rings. The molecule has 1 aromatic rings. The van der Waals surface area contributed by atoms with Gasteiger partial charge in [-0.25, -0.2) is 0 Å². The Morgan fingerprint density at radius 3 is 2.92 bits per heavy atom. The first kappa shape index (κ1) is 8.31. The molecule has 0 amide bonds. The third kappa shape index (κ3) is 1.58. The number of nitrogens with two attached hydrogens (primary N) is 1. The number of hydrogen-bond donors (Lipinski definition) is 3. The van der Waals surface area contributed by atoms with Crippen LogP contribution in [0.4, 0.5) is 5.69 Å². The maximum Gasteiger partial charge on any atom is 0.271 e. The fourth-order valence-electron chi connectivity index (χ4n) is 1.64. The summed E-state index contributed by atoms with van der Waals surface area (Å²) < 4.78 is 0. The van der Waals surface area contributed by atoms with Gasteiger partial charge in [0.1, 0.15) is 0 Å². The Bertz CT molecular complexity index is 370. The zero-order chi connectivity index (χ0) is 9.26. The number of fused-ring (bicyclic) bond motifs is 1. The van der Waals surface area contributed by atoms with Crippen molar-refractivity contribution in [2.45, 2.75) is 12.8 Å². The zero-order valence-corrected chi connectivity index (χ0v) is 7.39. The third-order valence-corrected chi connectivity index (χ3v) is 2.37. The number of aromatic nitrogens is 1. The van der Waals surface area contributed by atoms with Gasteiger partial charge in [0.05, 0.1) is 5.69 Å². The molecule has 1 aliphatic heterocycles. The Morgan fingerprint density at radius 1 is 1.31 bits per heavy atom. The number of nitrogen functional groups attached to an aromatic ring is 1. The summed E-state index contributed by atoms with van der Waals surface area (Å²) in [6.07, 6.45) is 1.82. The van der Waals surface area contributed by atoms with E-state index < -0.39 is 0 Å².